The van der Waals surface area contributed by atoms with E-state index in [0.29, 0.717) is 22.3 Å². The molecule has 0 saturated carbocycles. The fraction of sp³-hybridized carbons (Fsp3) is 0.333. The molecule has 2 heterocycles. The number of fused-ring (bicyclic) bond motifs is 1. The number of aromatic nitrogens is 3. The second-order valence-corrected chi connectivity index (χ2v) is 8.61. The van der Waals surface area contributed by atoms with Gasteiger partial charge in [-0.25, -0.2) is 9.37 Å². The Kier molecular flexibility index (Phi) is 5.89. The first-order valence-electron chi connectivity index (χ1n) is 9.80. The standard InChI is InChI=1S/C21H22FN5O2S/c1-13-6-7-17-18(8-13)30-21(25-17)26-20(29)12-27-11-15(10-23-27)24-19(28)9-14-4-2-3-5-16(14)22/h2-5,10-11,13H,6-9,12H2,1H3,(H,24,28)(H,25,26,29)/t13-/m1/s1. The van der Waals surface area contributed by atoms with Crippen LogP contribution in [0, 0.1) is 11.7 Å². The number of hydrogen-bond donors (Lipinski definition) is 2. The molecule has 0 radical (unpaired) electrons. The van der Waals surface area contributed by atoms with Gasteiger partial charge >= 0.3 is 0 Å². The fourth-order valence-corrected chi connectivity index (χ4v) is 4.62. The number of nitrogens with zero attached hydrogens (tertiary/aromatic N) is 3. The lowest BCUT2D eigenvalue weighted by Gasteiger charge is -2.15. The molecule has 0 aliphatic heterocycles. The highest BCUT2D eigenvalue weighted by molar-refractivity contribution is 7.15. The number of carbonyl (C=O) groups excluding carboxylic acids is 2. The van der Waals surface area contributed by atoms with E-state index in [9.17, 15) is 14.0 Å². The van der Waals surface area contributed by atoms with Crippen LogP contribution in [-0.2, 0) is 35.4 Å². The summed E-state index contributed by atoms with van der Waals surface area (Å²) in [5, 5.41) is 10.2. The molecule has 0 saturated heterocycles. The Bertz CT molecular complexity index is 1080. The lowest BCUT2D eigenvalue weighted by Crippen LogP contribution is -2.19. The molecule has 30 heavy (non-hydrogen) atoms. The normalized spacial score (nSPS) is 15.5. The van der Waals surface area contributed by atoms with Crippen molar-refractivity contribution in [2.24, 2.45) is 5.92 Å². The van der Waals surface area contributed by atoms with E-state index in [1.807, 2.05) is 0 Å². The Morgan fingerprint density at radius 2 is 2.10 bits per heavy atom. The van der Waals surface area contributed by atoms with Crippen LogP contribution >= 0.6 is 11.3 Å². The quantitative estimate of drug-likeness (QED) is 0.631. The molecule has 0 spiro atoms. The average molecular weight is 428 g/mol. The van der Waals surface area contributed by atoms with Gasteiger partial charge < -0.3 is 10.6 Å². The number of hydrogen-bond acceptors (Lipinski definition) is 5. The minimum atomic E-state index is -0.418. The third kappa shape index (κ3) is 4.91. The third-order valence-electron chi connectivity index (χ3n) is 4.96. The number of nitrogens with one attached hydrogen (secondary N) is 2. The van der Waals surface area contributed by atoms with Crippen LogP contribution in [0.5, 0.6) is 0 Å². The van der Waals surface area contributed by atoms with Gasteiger partial charge in [-0.1, -0.05) is 25.1 Å². The van der Waals surface area contributed by atoms with Crippen LogP contribution in [0.2, 0.25) is 0 Å². The van der Waals surface area contributed by atoms with E-state index in [1.54, 1.807) is 24.4 Å². The van der Waals surface area contributed by atoms with Crippen molar-refractivity contribution < 1.29 is 14.0 Å². The first-order chi connectivity index (χ1) is 14.5. The molecule has 4 rings (SSSR count). The molecular weight excluding hydrogens is 405 g/mol. The monoisotopic (exact) mass is 427 g/mol. The molecule has 0 unspecified atom stereocenters. The highest BCUT2D eigenvalue weighted by Crippen LogP contribution is 2.32. The van der Waals surface area contributed by atoms with Gasteiger partial charge in [0.2, 0.25) is 11.8 Å². The van der Waals surface area contributed by atoms with Crippen LogP contribution in [0.4, 0.5) is 15.2 Å². The van der Waals surface area contributed by atoms with Gasteiger partial charge in [0.05, 0.1) is 24.0 Å². The van der Waals surface area contributed by atoms with E-state index >= 15 is 0 Å². The third-order valence-corrected chi connectivity index (χ3v) is 6.00. The van der Waals surface area contributed by atoms with E-state index in [1.165, 1.54) is 33.2 Å². The molecule has 1 aliphatic carbocycles. The lowest BCUT2D eigenvalue weighted by atomic mass is 9.93. The topological polar surface area (TPSA) is 88.9 Å². The molecule has 1 aliphatic rings. The summed E-state index contributed by atoms with van der Waals surface area (Å²) in [7, 11) is 0. The van der Waals surface area contributed by atoms with E-state index in [4.69, 9.17) is 0 Å². The summed E-state index contributed by atoms with van der Waals surface area (Å²) in [5.41, 5.74) is 1.86. The molecule has 156 valence electrons. The van der Waals surface area contributed by atoms with Gasteiger partial charge in [-0.2, -0.15) is 5.10 Å². The molecule has 2 N–H and O–H groups in total. The van der Waals surface area contributed by atoms with Gasteiger partial charge in [0.1, 0.15) is 12.4 Å². The zero-order chi connectivity index (χ0) is 21.1. The van der Waals surface area contributed by atoms with Crippen LogP contribution < -0.4 is 10.6 Å². The highest BCUT2D eigenvalue weighted by atomic mass is 32.1. The Morgan fingerprint density at radius 1 is 1.27 bits per heavy atom. The Hall–Kier alpha value is -3.07. The molecule has 3 aromatic rings. The van der Waals surface area contributed by atoms with Gasteiger partial charge in [-0.15, -0.1) is 11.3 Å². The molecule has 2 aromatic heterocycles. The first kappa shape index (κ1) is 20.2. The predicted molar refractivity (Wildman–Crippen MR) is 113 cm³/mol. The number of thiazole rings is 1. The van der Waals surface area contributed by atoms with E-state index in [-0.39, 0.29) is 24.8 Å². The molecule has 7 nitrogen and oxygen atoms in total. The van der Waals surface area contributed by atoms with Crippen LogP contribution in [0.25, 0.3) is 0 Å². The maximum atomic E-state index is 13.7. The molecule has 1 aromatic carbocycles. The van der Waals surface area contributed by atoms with Crippen LogP contribution in [0.15, 0.2) is 36.7 Å². The van der Waals surface area contributed by atoms with Crippen LogP contribution in [0.3, 0.4) is 0 Å². The SMILES string of the molecule is C[C@@H]1CCc2nc(NC(=O)Cn3cc(NC(=O)Cc4ccccc4F)cn3)sc2C1. The van der Waals surface area contributed by atoms with Crippen molar-refractivity contribution in [1.29, 1.82) is 0 Å². The number of aryl methyl sites for hydroxylation is 1. The Balaban J connectivity index is 1.30. The molecular formula is C21H22FN5O2S. The molecule has 0 bridgehead atoms. The summed E-state index contributed by atoms with van der Waals surface area (Å²) >= 11 is 1.53. The van der Waals surface area contributed by atoms with Crippen molar-refractivity contribution in [2.75, 3.05) is 10.6 Å². The second-order valence-electron chi connectivity index (χ2n) is 7.53. The number of benzene rings is 1. The second kappa shape index (κ2) is 8.74. The maximum Gasteiger partial charge on any atom is 0.247 e. The zero-order valence-electron chi connectivity index (χ0n) is 16.5. The average Bonchev–Trinajstić information content (AvgIpc) is 3.29. The lowest BCUT2D eigenvalue weighted by molar-refractivity contribution is -0.117. The van der Waals surface area contributed by atoms with E-state index in [0.717, 1.165) is 25.0 Å². The summed E-state index contributed by atoms with van der Waals surface area (Å²) in [6.45, 7) is 2.23. The molecule has 0 fully saturated rings. The van der Waals surface area contributed by atoms with Gasteiger partial charge in [0.25, 0.3) is 0 Å². The Labute approximate surface area is 177 Å². The predicted octanol–water partition coefficient (Wildman–Crippen LogP) is 3.42. The number of rotatable bonds is 6. The number of anilines is 2. The number of amides is 2. The first-order valence-corrected chi connectivity index (χ1v) is 10.6. The van der Waals surface area contributed by atoms with Crippen molar-refractivity contribution in [1.82, 2.24) is 14.8 Å². The van der Waals surface area contributed by atoms with Gasteiger partial charge in [-0.05, 0) is 36.8 Å². The summed E-state index contributed by atoms with van der Waals surface area (Å²) in [6, 6.07) is 6.15. The van der Waals surface area contributed by atoms with Gasteiger partial charge in [-0.3, -0.25) is 14.3 Å². The molecule has 1 atom stereocenters. The zero-order valence-corrected chi connectivity index (χ0v) is 17.3. The van der Waals surface area contributed by atoms with Crippen LogP contribution in [-0.4, -0.2) is 26.6 Å². The van der Waals surface area contributed by atoms with Crippen molar-refractivity contribution in [3.05, 3.63) is 58.6 Å². The minimum absolute atomic E-state index is 0.00380. The Morgan fingerprint density at radius 3 is 2.93 bits per heavy atom. The summed E-state index contributed by atoms with van der Waals surface area (Å²) < 4.78 is 15.1. The smallest absolute Gasteiger partial charge is 0.247 e. The largest absolute Gasteiger partial charge is 0.323 e. The number of halogens is 1. The highest BCUT2D eigenvalue weighted by Gasteiger charge is 2.20. The summed E-state index contributed by atoms with van der Waals surface area (Å²) in [4.78, 5) is 30.2. The van der Waals surface area contributed by atoms with Crippen molar-refractivity contribution in [2.45, 2.75) is 39.2 Å². The van der Waals surface area contributed by atoms with E-state index in [2.05, 4.69) is 27.6 Å². The molecule has 2 amide bonds. The van der Waals surface area contributed by atoms with E-state index < -0.39 is 5.82 Å². The van der Waals surface area contributed by atoms with Crippen molar-refractivity contribution in [3.8, 4) is 0 Å². The number of carbonyl (C=O) groups is 2. The van der Waals surface area contributed by atoms with Crippen molar-refractivity contribution in [3.63, 3.8) is 0 Å². The van der Waals surface area contributed by atoms with Crippen molar-refractivity contribution >= 4 is 34.0 Å². The molecule has 9 heteroatoms. The summed E-state index contributed by atoms with van der Waals surface area (Å²) in [5.74, 6) is -0.357. The summed E-state index contributed by atoms with van der Waals surface area (Å²) in [6.07, 6.45) is 6.04. The van der Waals surface area contributed by atoms with Gasteiger partial charge in [0, 0.05) is 11.1 Å². The fourth-order valence-electron chi connectivity index (χ4n) is 3.43. The van der Waals surface area contributed by atoms with Crippen LogP contribution in [0.1, 0.15) is 29.5 Å². The van der Waals surface area contributed by atoms with Gasteiger partial charge in [0.15, 0.2) is 5.13 Å². The maximum absolute atomic E-state index is 13.7. The minimum Gasteiger partial charge on any atom is -0.323 e.